The van der Waals surface area contributed by atoms with E-state index in [0.717, 1.165) is 5.56 Å². The number of anilines is 2. The van der Waals surface area contributed by atoms with Gasteiger partial charge in [0.05, 0.1) is 6.20 Å². The first-order valence-corrected chi connectivity index (χ1v) is 9.64. The fourth-order valence-electron chi connectivity index (χ4n) is 4.35. The molecule has 8 heteroatoms. The molecule has 1 unspecified atom stereocenters. The summed E-state index contributed by atoms with van der Waals surface area (Å²) in [7, 11) is 1.72. The first kappa shape index (κ1) is 17.5. The average Bonchev–Trinajstić information content (AvgIpc) is 3.38. The van der Waals surface area contributed by atoms with Gasteiger partial charge in [0.1, 0.15) is 17.1 Å². The number of likely N-dealkylation sites (N-methyl/N-ethyl adjacent to an activating group) is 1. The van der Waals surface area contributed by atoms with Gasteiger partial charge in [-0.05, 0) is 12.8 Å². The molecule has 2 aliphatic heterocycles. The molecule has 0 saturated carbocycles. The fraction of sp³-hybridized carbons (Fsp3) is 0.286. The summed E-state index contributed by atoms with van der Waals surface area (Å²) in [5.74, 6) is 1.44. The van der Waals surface area contributed by atoms with E-state index in [0.29, 0.717) is 42.5 Å². The third kappa shape index (κ3) is 2.35. The predicted molar refractivity (Wildman–Crippen MR) is 108 cm³/mol. The van der Waals surface area contributed by atoms with E-state index in [4.69, 9.17) is 4.98 Å². The molecule has 2 amide bonds. The molecule has 4 heterocycles. The topological polar surface area (TPSA) is 84.2 Å². The summed E-state index contributed by atoms with van der Waals surface area (Å²) in [6.07, 6.45) is 6.48. The minimum absolute atomic E-state index is 0.0758. The lowest BCUT2D eigenvalue weighted by atomic mass is 9.89. The molecule has 0 N–H and O–H groups in total. The Morgan fingerprint density at radius 3 is 2.69 bits per heavy atom. The van der Waals surface area contributed by atoms with Crippen LogP contribution in [0, 0.1) is 0 Å². The van der Waals surface area contributed by atoms with Crippen LogP contribution in [-0.4, -0.2) is 43.9 Å². The molecule has 2 aliphatic rings. The van der Waals surface area contributed by atoms with E-state index < -0.39 is 5.54 Å². The van der Waals surface area contributed by atoms with Crippen LogP contribution in [0.3, 0.4) is 0 Å². The Morgan fingerprint density at radius 1 is 1.14 bits per heavy atom. The zero-order chi connectivity index (χ0) is 20.2. The number of benzene rings is 1. The highest BCUT2D eigenvalue weighted by Gasteiger charge is 2.56. The van der Waals surface area contributed by atoms with E-state index in [2.05, 4.69) is 9.97 Å². The number of carbonyl (C=O) groups excluding carboxylic acids is 2. The highest BCUT2D eigenvalue weighted by molar-refractivity contribution is 6.16. The number of aromatic nitrogens is 4. The molecule has 0 bridgehead atoms. The van der Waals surface area contributed by atoms with Crippen LogP contribution in [-0.2, 0) is 9.59 Å². The van der Waals surface area contributed by atoms with Crippen molar-refractivity contribution >= 4 is 23.3 Å². The van der Waals surface area contributed by atoms with Crippen LogP contribution in [0.25, 0.3) is 17.3 Å². The molecule has 1 atom stereocenters. The minimum Gasteiger partial charge on any atom is -0.309 e. The molecule has 5 rings (SSSR count). The molecule has 146 valence electrons. The van der Waals surface area contributed by atoms with Crippen LogP contribution in [0.4, 0.5) is 11.5 Å². The van der Waals surface area contributed by atoms with Gasteiger partial charge in [-0.15, -0.1) is 0 Å². The fourth-order valence-corrected chi connectivity index (χ4v) is 4.35. The van der Waals surface area contributed by atoms with Crippen molar-refractivity contribution in [3.63, 3.8) is 0 Å². The van der Waals surface area contributed by atoms with E-state index in [9.17, 15) is 9.59 Å². The van der Waals surface area contributed by atoms with Crippen LogP contribution < -0.4 is 9.80 Å². The SMILES string of the molecule is CCC12CCC(=O)N1c1nc(-n3ccnc3-c3ccccc3)ncc1N(C)C2=O. The first-order chi connectivity index (χ1) is 14.1. The van der Waals surface area contributed by atoms with Gasteiger partial charge in [-0.1, -0.05) is 37.3 Å². The summed E-state index contributed by atoms with van der Waals surface area (Å²) in [4.78, 5) is 42.7. The quantitative estimate of drug-likeness (QED) is 0.689. The van der Waals surface area contributed by atoms with Crippen molar-refractivity contribution in [1.29, 1.82) is 0 Å². The summed E-state index contributed by atoms with van der Waals surface area (Å²) in [6.45, 7) is 1.94. The van der Waals surface area contributed by atoms with Gasteiger partial charge in [0, 0.05) is 31.4 Å². The third-order valence-electron chi connectivity index (χ3n) is 5.92. The molecule has 29 heavy (non-hydrogen) atoms. The summed E-state index contributed by atoms with van der Waals surface area (Å²) < 4.78 is 1.79. The molecular formula is C21H20N6O2. The van der Waals surface area contributed by atoms with Crippen LogP contribution in [0.15, 0.2) is 48.9 Å². The predicted octanol–water partition coefficient (Wildman–Crippen LogP) is 2.58. The van der Waals surface area contributed by atoms with Crippen molar-refractivity contribution in [3.05, 3.63) is 48.9 Å². The van der Waals surface area contributed by atoms with Gasteiger partial charge in [-0.25, -0.2) is 9.97 Å². The minimum atomic E-state index is -0.859. The Balaban J connectivity index is 1.68. The third-order valence-corrected chi connectivity index (χ3v) is 5.92. The maximum absolute atomic E-state index is 13.1. The van der Waals surface area contributed by atoms with E-state index in [1.165, 1.54) is 0 Å². The Bertz CT molecular complexity index is 1130. The van der Waals surface area contributed by atoms with Crippen LogP contribution >= 0.6 is 0 Å². The Morgan fingerprint density at radius 2 is 1.93 bits per heavy atom. The van der Waals surface area contributed by atoms with E-state index in [1.807, 2.05) is 37.3 Å². The number of imidazole rings is 1. The van der Waals surface area contributed by atoms with Gasteiger partial charge >= 0.3 is 0 Å². The summed E-state index contributed by atoms with van der Waals surface area (Å²) >= 11 is 0. The maximum atomic E-state index is 13.1. The van der Waals surface area contributed by atoms with E-state index >= 15 is 0 Å². The van der Waals surface area contributed by atoms with Crippen molar-refractivity contribution in [3.8, 4) is 17.3 Å². The number of carbonyl (C=O) groups is 2. The Labute approximate surface area is 167 Å². The lowest BCUT2D eigenvalue weighted by Gasteiger charge is -2.43. The van der Waals surface area contributed by atoms with Gasteiger partial charge in [0.15, 0.2) is 5.82 Å². The highest BCUT2D eigenvalue weighted by atomic mass is 16.2. The van der Waals surface area contributed by atoms with Gasteiger partial charge < -0.3 is 4.90 Å². The number of hydrogen-bond acceptors (Lipinski definition) is 5. The second kappa shape index (κ2) is 6.23. The second-order valence-electron chi connectivity index (χ2n) is 7.34. The summed E-state index contributed by atoms with van der Waals surface area (Å²) in [5, 5.41) is 0. The molecule has 0 radical (unpaired) electrons. The highest BCUT2D eigenvalue weighted by Crippen LogP contribution is 2.46. The van der Waals surface area contributed by atoms with Gasteiger partial charge in [-0.3, -0.25) is 19.1 Å². The lowest BCUT2D eigenvalue weighted by Crippen LogP contribution is -2.60. The number of fused-ring (bicyclic) bond motifs is 3. The molecule has 0 spiro atoms. The number of rotatable bonds is 3. The van der Waals surface area contributed by atoms with Gasteiger partial charge in [-0.2, -0.15) is 4.98 Å². The number of nitrogens with zero attached hydrogens (tertiary/aromatic N) is 6. The van der Waals surface area contributed by atoms with Crippen molar-refractivity contribution < 1.29 is 9.59 Å². The van der Waals surface area contributed by atoms with E-state index in [1.54, 1.807) is 40.0 Å². The number of hydrogen-bond donors (Lipinski definition) is 0. The Kier molecular flexibility index (Phi) is 3.77. The molecule has 8 nitrogen and oxygen atoms in total. The smallest absolute Gasteiger partial charge is 0.253 e. The summed E-state index contributed by atoms with van der Waals surface area (Å²) in [6, 6.07) is 9.77. The number of amides is 2. The monoisotopic (exact) mass is 388 g/mol. The van der Waals surface area contributed by atoms with Crippen LogP contribution in [0.2, 0.25) is 0 Å². The molecule has 1 saturated heterocycles. The molecule has 0 aliphatic carbocycles. The van der Waals surface area contributed by atoms with Crippen molar-refractivity contribution in [1.82, 2.24) is 19.5 Å². The standard InChI is InChI=1S/C21H20N6O2/c1-3-21-10-9-16(28)27(21)18-15(25(2)19(21)29)13-23-20(24-18)26-12-11-22-17(26)14-7-5-4-6-8-14/h4-8,11-13H,3,9-10H2,1-2H3. The largest absolute Gasteiger partial charge is 0.309 e. The summed E-state index contributed by atoms with van der Waals surface area (Å²) in [5.41, 5.74) is 0.618. The van der Waals surface area contributed by atoms with Crippen LogP contribution in [0.5, 0.6) is 0 Å². The average molecular weight is 388 g/mol. The molecule has 3 aromatic rings. The molecular weight excluding hydrogens is 368 g/mol. The van der Waals surface area contributed by atoms with Crippen LogP contribution in [0.1, 0.15) is 26.2 Å². The first-order valence-electron chi connectivity index (χ1n) is 9.64. The van der Waals surface area contributed by atoms with Crippen molar-refractivity contribution in [2.24, 2.45) is 0 Å². The lowest BCUT2D eigenvalue weighted by molar-refractivity contribution is -0.126. The Hall–Kier alpha value is -3.55. The molecule has 1 fully saturated rings. The molecule has 1 aromatic carbocycles. The zero-order valence-electron chi connectivity index (χ0n) is 16.2. The van der Waals surface area contributed by atoms with Gasteiger partial charge in [0.2, 0.25) is 11.9 Å². The molecule has 2 aromatic heterocycles. The second-order valence-corrected chi connectivity index (χ2v) is 7.34. The van der Waals surface area contributed by atoms with Crippen molar-refractivity contribution in [2.45, 2.75) is 31.7 Å². The van der Waals surface area contributed by atoms with Crippen molar-refractivity contribution in [2.75, 3.05) is 16.8 Å². The van der Waals surface area contributed by atoms with Gasteiger partial charge in [0.25, 0.3) is 5.91 Å². The maximum Gasteiger partial charge on any atom is 0.253 e. The zero-order valence-corrected chi connectivity index (χ0v) is 16.2. The normalized spacial score (nSPS) is 20.8. The van der Waals surface area contributed by atoms with E-state index in [-0.39, 0.29) is 11.8 Å².